The summed E-state index contributed by atoms with van der Waals surface area (Å²) >= 11 is 6.26. The van der Waals surface area contributed by atoms with Crippen LogP contribution in [0.25, 0.3) is 0 Å². The number of nitrogen functional groups attached to an aromatic ring is 1. The number of anilines is 2. The van der Waals surface area contributed by atoms with Gasteiger partial charge in [0.25, 0.3) is 0 Å². The van der Waals surface area contributed by atoms with Crippen molar-refractivity contribution in [2.75, 3.05) is 51.0 Å². The van der Waals surface area contributed by atoms with Crippen molar-refractivity contribution < 1.29 is 9.53 Å². The van der Waals surface area contributed by atoms with Crippen LogP contribution in [-0.4, -0.2) is 51.2 Å². The van der Waals surface area contributed by atoms with Gasteiger partial charge in [-0.3, -0.25) is 0 Å². The first-order chi connectivity index (χ1) is 9.02. The van der Waals surface area contributed by atoms with Crippen molar-refractivity contribution in [2.45, 2.75) is 0 Å². The van der Waals surface area contributed by atoms with Gasteiger partial charge in [0.1, 0.15) is 0 Å². The highest BCUT2D eigenvalue weighted by molar-refractivity contribution is 6.34. The number of benzene rings is 1. The van der Waals surface area contributed by atoms with E-state index in [1.807, 2.05) is 0 Å². The number of carbonyl (C=O) groups is 1. The second-order valence-electron chi connectivity index (χ2n) is 4.68. The van der Waals surface area contributed by atoms with E-state index in [0.29, 0.717) is 16.3 Å². The van der Waals surface area contributed by atoms with Crippen molar-refractivity contribution in [3.63, 3.8) is 0 Å². The highest BCUT2D eigenvalue weighted by Crippen LogP contribution is 2.33. The van der Waals surface area contributed by atoms with Crippen LogP contribution in [0.5, 0.6) is 0 Å². The van der Waals surface area contributed by atoms with E-state index in [-0.39, 0.29) is 0 Å². The van der Waals surface area contributed by atoms with E-state index in [0.717, 1.165) is 31.9 Å². The Morgan fingerprint density at radius 1 is 1.32 bits per heavy atom. The molecule has 1 saturated heterocycles. The van der Waals surface area contributed by atoms with Gasteiger partial charge in [-0.05, 0) is 19.2 Å². The van der Waals surface area contributed by atoms with Crippen molar-refractivity contribution in [3.05, 3.63) is 22.7 Å². The van der Waals surface area contributed by atoms with Crippen molar-refractivity contribution >= 4 is 28.9 Å². The van der Waals surface area contributed by atoms with Gasteiger partial charge in [-0.25, -0.2) is 4.79 Å². The van der Waals surface area contributed by atoms with E-state index in [1.165, 1.54) is 7.11 Å². The Bertz CT molecular complexity index is 485. The molecule has 6 heteroatoms. The molecule has 0 amide bonds. The zero-order valence-corrected chi connectivity index (χ0v) is 11.9. The average molecular weight is 284 g/mol. The fourth-order valence-electron chi connectivity index (χ4n) is 2.24. The van der Waals surface area contributed by atoms with E-state index in [4.69, 9.17) is 22.1 Å². The zero-order chi connectivity index (χ0) is 14.0. The van der Waals surface area contributed by atoms with Gasteiger partial charge in [0.15, 0.2) is 0 Å². The van der Waals surface area contributed by atoms with Gasteiger partial charge in [0.05, 0.1) is 23.4 Å². The molecular formula is C13H18ClN3O2. The monoisotopic (exact) mass is 283 g/mol. The van der Waals surface area contributed by atoms with Gasteiger partial charge in [-0.15, -0.1) is 0 Å². The molecule has 0 bridgehead atoms. The maximum atomic E-state index is 11.9. The molecule has 1 aromatic carbocycles. The number of hydrogen-bond acceptors (Lipinski definition) is 5. The molecule has 104 valence electrons. The molecule has 0 spiro atoms. The number of rotatable bonds is 2. The van der Waals surface area contributed by atoms with Crippen molar-refractivity contribution in [2.24, 2.45) is 0 Å². The Balaban J connectivity index is 2.40. The molecule has 1 aromatic rings. The molecule has 1 heterocycles. The van der Waals surface area contributed by atoms with Gasteiger partial charge >= 0.3 is 5.97 Å². The van der Waals surface area contributed by atoms with Gasteiger partial charge in [0, 0.05) is 31.9 Å². The summed E-state index contributed by atoms with van der Waals surface area (Å²) in [4.78, 5) is 16.2. The Kier molecular flexibility index (Phi) is 4.17. The third kappa shape index (κ3) is 2.93. The highest BCUT2D eigenvalue weighted by atomic mass is 35.5. The van der Waals surface area contributed by atoms with Crippen LogP contribution in [0.1, 0.15) is 10.4 Å². The smallest absolute Gasteiger partial charge is 0.340 e. The van der Waals surface area contributed by atoms with Crippen molar-refractivity contribution in [3.8, 4) is 0 Å². The molecule has 2 rings (SSSR count). The summed E-state index contributed by atoms with van der Waals surface area (Å²) in [6, 6.07) is 3.28. The van der Waals surface area contributed by atoms with E-state index >= 15 is 0 Å². The lowest BCUT2D eigenvalue weighted by Crippen LogP contribution is -2.45. The van der Waals surface area contributed by atoms with Crippen molar-refractivity contribution in [1.29, 1.82) is 0 Å². The zero-order valence-electron chi connectivity index (χ0n) is 11.1. The van der Waals surface area contributed by atoms with Crippen molar-refractivity contribution in [1.82, 2.24) is 4.90 Å². The lowest BCUT2D eigenvalue weighted by atomic mass is 10.1. The summed E-state index contributed by atoms with van der Waals surface area (Å²) in [6.45, 7) is 3.51. The molecule has 1 aliphatic heterocycles. The predicted octanol–water partition coefficient (Wildman–Crippen LogP) is 1.46. The highest BCUT2D eigenvalue weighted by Gasteiger charge is 2.23. The summed E-state index contributed by atoms with van der Waals surface area (Å²) in [5.41, 5.74) is 7.36. The number of hydrogen-bond donors (Lipinski definition) is 1. The molecule has 0 radical (unpaired) electrons. The number of carbonyl (C=O) groups excluding carboxylic acids is 1. The molecule has 0 atom stereocenters. The average Bonchev–Trinajstić information content (AvgIpc) is 2.38. The molecule has 0 saturated carbocycles. The molecule has 19 heavy (non-hydrogen) atoms. The normalized spacial score (nSPS) is 16.5. The minimum atomic E-state index is -0.414. The summed E-state index contributed by atoms with van der Waals surface area (Å²) in [6.07, 6.45) is 0. The third-order valence-corrected chi connectivity index (χ3v) is 3.60. The minimum Gasteiger partial charge on any atom is -0.465 e. The molecule has 5 nitrogen and oxygen atoms in total. The fraction of sp³-hybridized carbons (Fsp3) is 0.462. The number of piperazine rings is 1. The molecule has 1 aliphatic rings. The van der Waals surface area contributed by atoms with Crippen LogP contribution < -0.4 is 10.6 Å². The van der Waals surface area contributed by atoms with Crippen LogP contribution in [0.2, 0.25) is 5.02 Å². The van der Waals surface area contributed by atoms with Crippen LogP contribution in [0.4, 0.5) is 11.4 Å². The molecule has 0 aromatic heterocycles. The SMILES string of the molecule is COC(=O)c1cc(N)cc(Cl)c1N1CCN(C)CC1. The maximum absolute atomic E-state index is 11.9. The number of esters is 1. The van der Waals surface area contributed by atoms with Gasteiger partial charge in [-0.1, -0.05) is 11.6 Å². The third-order valence-electron chi connectivity index (χ3n) is 3.31. The largest absolute Gasteiger partial charge is 0.465 e. The fourth-order valence-corrected chi connectivity index (χ4v) is 2.58. The first-order valence-corrected chi connectivity index (χ1v) is 6.51. The predicted molar refractivity (Wildman–Crippen MR) is 76.9 cm³/mol. The molecule has 2 N–H and O–H groups in total. The van der Waals surface area contributed by atoms with Gasteiger partial charge < -0.3 is 20.3 Å². The van der Waals surface area contributed by atoms with E-state index in [2.05, 4.69) is 16.8 Å². The quantitative estimate of drug-likeness (QED) is 0.658. The topological polar surface area (TPSA) is 58.8 Å². The first kappa shape index (κ1) is 14.0. The van der Waals surface area contributed by atoms with Crippen LogP contribution in [0.15, 0.2) is 12.1 Å². The van der Waals surface area contributed by atoms with Crippen LogP contribution >= 0.6 is 11.6 Å². The molecular weight excluding hydrogens is 266 g/mol. The lowest BCUT2D eigenvalue weighted by Gasteiger charge is -2.35. The number of methoxy groups -OCH3 is 1. The molecule has 0 unspecified atom stereocenters. The van der Waals surface area contributed by atoms with E-state index in [9.17, 15) is 4.79 Å². The van der Waals surface area contributed by atoms with E-state index in [1.54, 1.807) is 12.1 Å². The summed E-state index contributed by atoms with van der Waals surface area (Å²) < 4.78 is 4.81. The summed E-state index contributed by atoms with van der Waals surface area (Å²) in [5.74, 6) is -0.414. The standard InChI is InChI=1S/C13H18ClN3O2/c1-16-3-5-17(6-4-16)12-10(13(18)19-2)7-9(15)8-11(12)14/h7-8H,3-6,15H2,1-2H3. The first-order valence-electron chi connectivity index (χ1n) is 6.13. The Morgan fingerprint density at radius 3 is 2.53 bits per heavy atom. The second-order valence-corrected chi connectivity index (χ2v) is 5.09. The van der Waals surface area contributed by atoms with Gasteiger partial charge in [-0.2, -0.15) is 0 Å². The number of nitrogens with zero attached hydrogens (tertiary/aromatic N) is 2. The minimum absolute atomic E-state index is 0.414. The number of likely N-dealkylation sites (N-methyl/N-ethyl adjacent to an activating group) is 1. The Labute approximate surface area is 117 Å². The second kappa shape index (κ2) is 5.67. The number of halogens is 1. The summed E-state index contributed by atoms with van der Waals surface area (Å²) in [7, 11) is 3.43. The maximum Gasteiger partial charge on any atom is 0.340 e. The Hall–Kier alpha value is -1.46. The summed E-state index contributed by atoms with van der Waals surface area (Å²) in [5, 5.41) is 0.491. The Morgan fingerprint density at radius 2 is 1.95 bits per heavy atom. The lowest BCUT2D eigenvalue weighted by molar-refractivity contribution is 0.0601. The molecule has 1 fully saturated rings. The van der Waals surface area contributed by atoms with Crippen LogP contribution in [0.3, 0.4) is 0 Å². The van der Waals surface area contributed by atoms with E-state index < -0.39 is 5.97 Å². The van der Waals surface area contributed by atoms with Gasteiger partial charge in [0.2, 0.25) is 0 Å². The van der Waals surface area contributed by atoms with Crippen LogP contribution in [0, 0.1) is 0 Å². The molecule has 0 aliphatic carbocycles. The number of ether oxygens (including phenoxy) is 1. The van der Waals surface area contributed by atoms with Crippen LogP contribution in [-0.2, 0) is 4.74 Å². The number of nitrogens with two attached hydrogens (primary N) is 1.